The fourth-order valence-electron chi connectivity index (χ4n) is 3.95. The van der Waals surface area contributed by atoms with E-state index in [4.69, 9.17) is 17.1 Å². The third kappa shape index (κ3) is 4.45. The Bertz CT molecular complexity index is 892. The van der Waals surface area contributed by atoms with Crippen molar-refractivity contribution in [2.75, 3.05) is 18.4 Å². The van der Waals surface area contributed by atoms with E-state index in [1.165, 1.54) is 5.56 Å². The maximum atomic E-state index is 5.94. The number of anilines is 1. The monoisotopic (exact) mass is 407 g/mol. The number of hydrogen-bond acceptors (Lipinski definition) is 3. The Morgan fingerprint density at radius 3 is 2.31 bits per heavy atom. The summed E-state index contributed by atoms with van der Waals surface area (Å²) in [6.07, 6.45) is 2.73. The van der Waals surface area contributed by atoms with E-state index in [2.05, 4.69) is 72.5 Å². The first-order chi connectivity index (χ1) is 13.8. The Labute approximate surface area is 178 Å². The van der Waals surface area contributed by atoms with Gasteiger partial charge in [-0.3, -0.25) is 0 Å². The summed E-state index contributed by atoms with van der Waals surface area (Å²) >= 11 is 5.67. The van der Waals surface area contributed by atoms with Gasteiger partial charge in [0.2, 0.25) is 0 Å². The molecular weight excluding hydrogens is 378 g/mol. The molecule has 5 heteroatoms. The third-order valence-electron chi connectivity index (χ3n) is 5.91. The molecule has 0 amide bonds. The largest absolute Gasteiger partial charge is 0.388 e. The molecule has 0 aromatic heterocycles. The zero-order chi connectivity index (χ0) is 20.5. The standard InChI is InChI=1S/C24H29N3OS/c1-23(2,3)19-9-11-20(12-10-19)25-22(29)27-15-13-24(14-16-27)17-21(26-28-24)18-7-5-4-6-8-18/h4-12H,13-17H2,1-3H3,(H,25,29). The van der Waals surface area contributed by atoms with E-state index in [1.54, 1.807) is 0 Å². The minimum absolute atomic E-state index is 0.155. The maximum Gasteiger partial charge on any atom is 0.173 e. The van der Waals surface area contributed by atoms with Gasteiger partial charge in [-0.2, -0.15) is 0 Å². The van der Waals surface area contributed by atoms with Crippen molar-refractivity contribution in [1.82, 2.24) is 4.90 Å². The molecule has 0 unspecified atom stereocenters. The summed E-state index contributed by atoms with van der Waals surface area (Å²) in [5, 5.41) is 8.57. The van der Waals surface area contributed by atoms with Crippen LogP contribution in [0.25, 0.3) is 0 Å². The molecule has 0 radical (unpaired) electrons. The quantitative estimate of drug-likeness (QED) is 0.682. The highest BCUT2D eigenvalue weighted by molar-refractivity contribution is 7.80. The molecule has 2 heterocycles. The average Bonchev–Trinajstić information content (AvgIpc) is 3.12. The highest BCUT2D eigenvalue weighted by Gasteiger charge is 2.42. The zero-order valence-corrected chi connectivity index (χ0v) is 18.3. The predicted molar refractivity (Wildman–Crippen MR) is 124 cm³/mol. The molecule has 1 spiro atoms. The Hall–Kier alpha value is -2.40. The number of benzene rings is 2. The number of rotatable bonds is 2. The summed E-state index contributed by atoms with van der Waals surface area (Å²) in [6.45, 7) is 8.43. The van der Waals surface area contributed by atoms with Crippen molar-refractivity contribution in [3.05, 3.63) is 65.7 Å². The van der Waals surface area contributed by atoms with Gasteiger partial charge in [-0.05, 0) is 40.9 Å². The van der Waals surface area contributed by atoms with Gasteiger partial charge in [0.15, 0.2) is 5.11 Å². The highest BCUT2D eigenvalue weighted by atomic mass is 32.1. The molecular formula is C24H29N3OS. The number of thiocarbonyl (C=S) groups is 1. The first-order valence-corrected chi connectivity index (χ1v) is 10.7. The number of likely N-dealkylation sites (tertiary alicyclic amines) is 1. The van der Waals surface area contributed by atoms with E-state index in [0.717, 1.165) is 54.4 Å². The van der Waals surface area contributed by atoms with Gasteiger partial charge in [0.05, 0.1) is 5.71 Å². The third-order valence-corrected chi connectivity index (χ3v) is 6.27. The van der Waals surface area contributed by atoms with Crippen LogP contribution in [0.4, 0.5) is 5.69 Å². The molecule has 0 saturated carbocycles. The summed E-state index contributed by atoms with van der Waals surface area (Å²) in [4.78, 5) is 8.18. The molecule has 0 bridgehead atoms. The van der Waals surface area contributed by atoms with Crippen molar-refractivity contribution in [2.24, 2.45) is 5.16 Å². The van der Waals surface area contributed by atoms with E-state index < -0.39 is 0 Å². The lowest BCUT2D eigenvalue weighted by Gasteiger charge is -2.38. The van der Waals surface area contributed by atoms with E-state index >= 15 is 0 Å². The summed E-state index contributed by atoms with van der Waals surface area (Å²) in [5.41, 5.74) is 4.55. The van der Waals surface area contributed by atoms with Crippen LogP contribution in [-0.4, -0.2) is 34.4 Å². The van der Waals surface area contributed by atoms with E-state index in [9.17, 15) is 0 Å². The van der Waals surface area contributed by atoms with Crippen LogP contribution in [0.5, 0.6) is 0 Å². The van der Waals surface area contributed by atoms with Crippen LogP contribution in [0.15, 0.2) is 59.8 Å². The molecule has 0 atom stereocenters. The highest BCUT2D eigenvalue weighted by Crippen LogP contribution is 2.36. The van der Waals surface area contributed by atoms with Crippen molar-refractivity contribution in [2.45, 2.75) is 51.0 Å². The number of hydrogen-bond donors (Lipinski definition) is 1. The molecule has 4 nitrogen and oxygen atoms in total. The Kier molecular flexibility index (Phi) is 5.34. The zero-order valence-electron chi connectivity index (χ0n) is 17.4. The second-order valence-corrected chi connectivity index (χ2v) is 9.49. The van der Waals surface area contributed by atoms with Crippen molar-refractivity contribution in [3.8, 4) is 0 Å². The molecule has 1 saturated heterocycles. The summed E-state index contributed by atoms with van der Waals surface area (Å²) in [7, 11) is 0. The SMILES string of the molecule is CC(C)(C)c1ccc(NC(=S)N2CCC3(CC2)CC(c2ccccc2)=NO3)cc1. The Balaban J connectivity index is 1.31. The van der Waals surface area contributed by atoms with Crippen LogP contribution in [0.1, 0.15) is 51.2 Å². The van der Waals surface area contributed by atoms with E-state index in [0.29, 0.717) is 0 Å². The van der Waals surface area contributed by atoms with Crippen LogP contribution in [0.3, 0.4) is 0 Å². The number of nitrogens with one attached hydrogen (secondary N) is 1. The Morgan fingerprint density at radius 1 is 1.03 bits per heavy atom. The molecule has 0 aliphatic carbocycles. The molecule has 29 heavy (non-hydrogen) atoms. The molecule has 152 valence electrons. The van der Waals surface area contributed by atoms with E-state index in [1.807, 2.05) is 18.2 Å². The summed E-state index contributed by atoms with van der Waals surface area (Å²) < 4.78 is 0. The summed E-state index contributed by atoms with van der Waals surface area (Å²) in [6, 6.07) is 18.9. The van der Waals surface area contributed by atoms with Gasteiger partial charge in [-0.15, -0.1) is 0 Å². The fraction of sp³-hybridized carbons (Fsp3) is 0.417. The van der Waals surface area contributed by atoms with Crippen LogP contribution < -0.4 is 5.32 Å². The van der Waals surface area contributed by atoms with Gasteiger partial charge < -0.3 is 15.1 Å². The van der Waals surface area contributed by atoms with Gasteiger partial charge in [-0.25, -0.2) is 0 Å². The smallest absolute Gasteiger partial charge is 0.173 e. The molecule has 2 aromatic rings. The Morgan fingerprint density at radius 2 is 1.69 bits per heavy atom. The summed E-state index contributed by atoms with van der Waals surface area (Å²) in [5.74, 6) is 0. The van der Waals surface area contributed by atoms with Crippen molar-refractivity contribution >= 4 is 28.7 Å². The number of oxime groups is 1. The van der Waals surface area contributed by atoms with Gasteiger partial charge in [0.1, 0.15) is 5.60 Å². The van der Waals surface area contributed by atoms with E-state index in [-0.39, 0.29) is 11.0 Å². The van der Waals surface area contributed by atoms with Gasteiger partial charge in [0.25, 0.3) is 0 Å². The first-order valence-electron chi connectivity index (χ1n) is 10.3. The topological polar surface area (TPSA) is 36.9 Å². The van der Waals surface area contributed by atoms with Crippen LogP contribution in [0, 0.1) is 0 Å². The maximum absolute atomic E-state index is 5.94. The second-order valence-electron chi connectivity index (χ2n) is 9.10. The molecule has 4 rings (SSSR count). The predicted octanol–water partition coefficient (Wildman–Crippen LogP) is 5.34. The second kappa shape index (κ2) is 7.79. The fourth-order valence-corrected chi connectivity index (χ4v) is 4.25. The normalized spacial score (nSPS) is 18.3. The van der Waals surface area contributed by atoms with Gasteiger partial charge in [0, 0.05) is 38.0 Å². The van der Waals surface area contributed by atoms with Crippen LogP contribution >= 0.6 is 12.2 Å². The molecule has 2 aliphatic heterocycles. The number of nitrogens with zero attached hydrogens (tertiary/aromatic N) is 2. The van der Waals surface area contributed by atoms with Crippen molar-refractivity contribution in [1.29, 1.82) is 0 Å². The van der Waals surface area contributed by atoms with Crippen molar-refractivity contribution < 1.29 is 4.84 Å². The number of piperidine rings is 1. The average molecular weight is 408 g/mol. The van der Waals surface area contributed by atoms with Gasteiger partial charge in [-0.1, -0.05) is 68.4 Å². The van der Waals surface area contributed by atoms with Crippen LogP contribution in [0.2, 0.25) is 0 Å². The van der Waals surface area contributed by atoms with Gasteiger partial charge >= 0.3 is 0 Å². The molecule has 2 aliphatic rings. The lowest BCUT2D eigenvalue weighted by Crippen LogP contribution is -2.48. The minimum Gasteiger partial charge on any atom is -0.388 e. The minimum atomic E-state index is -0.175. The molecule has 1 N–H and O–H groups in total. The lowest BCUT2D eigenvalue weighted by atomic mass is 9.85. The first kappa shape index (κ1) is 19.9. The molecule has 2 aromatic carbocycles. The molecule has 1 fully saturated rings. The van der Waals surface area contributed by atoms with Crippen molar-refractivity contribution in [3.63, 3.8) is 0 Å². The van der Waals surface area contributed by atoms with Crippen LogP contribution in [-0.2, 0) is 10.3 Å². The lowest BCUT2D eigenvalue weighted by molar-refractivity contribution is -0.0521.